The molecular formula is C20H24N6O3. The van der Waals surface area contributed by atoms with Gasteiger partial charge < -0.3 is 19.7 Å². The summed E-state index contributed by atoms with van der Waals surface area (Å²) in [6.07, 6.45) is 7.06. The van der Waals surface area contributed by atoms with E-state index < -0.39 is 0 Å². The third-order valence-electron chi connectivity index (χ3n) is 5.43. The molecule has 1 aliphatic rings. The van der Waals surface area contributed by atoms with Crippen LogP contribution in [0.3, 0.4) is 0 Å². The molecule has 3 aromatic rings. The van der Waals surface area contributed by atoms with Gasteiger partial charge in [0.1, 0.15) is 5.76 Å². The van der Waals surface area contributed by atoms with Gasteiger partial charge in [-0.3, -0.25) is 14.3 Å². The summed E-state index contributed by atoms with van der Waals surface area (Å²) in [7, 11) is 1.61. The number of likely N-dealkylation sites (tertiary alicyclic amines) is 1. The first-order chi connectivity index (χ1) is 14.1. The lowest BCUT2D eigenvalue weighted by Crippen LogP contribution is -2.40. The minimum absolute atomic E-state index is 0.0672. The van der Waals surface area contributed by atoms with Crippen molar-refractivity contribution in [3.8, 4) is 0 Å². The number of piperidine rings is 1. The van der Waals surface area contributed by atoms with Gasteiger partial charge in [0.05, 0.1) is 12.1 Å². The molecule has 9 heteroatoms. The smallest absolute Gasteiger partial charge is 0.276 e. The van der Waals surface area contributed by atoms with Crippen LogP contribution in [0.2, 0.25) is 0 Å². The molecule has 0 saturated carbocycles. The number of carbonyl (C=O) groups is 2. The summed E-state index contributed by atoms with van der Waals surface area (Å²) < 4.78 is 7.06. The average Bonchev–Trinajstić information content (AvgIpc) is 3.49. The molecule has 1 atom stereocenters. The summed E-state index contributed by atoms with van der Waals surface area (Å²) in [5.41, 5.74) is 2.57. The molecule has 29 heavy (non-hydrogen) atoms. The lowest BCUT2D eigenvalue weighted by Gasteiger charge is -2.32. The van der Waals surface area contributed by atoms with Crippen molar-refractivity contribution >= 4 is 11.8 Å². The van der Waals surface area contributed by atoms with Crippen LogP contribution in [-0.2, 0) is 6.54 Å². The van der Waals surface area contributed by atoms with Crippen LogP contribution in [-0.4, -0.2) is 56.8 Å². The summed E-state index contributed by atoms with van der Waals surface area (Å²) >= 11 is 0. The molecule has 1 fully saturated rings. The minimum atomic E-state index is -0.151. The van der Waals surface area contributed by atoms with Crippen molar-refractivity contribution in [1.82, 2.24) is 30.1 Å². The number of nitrogens with one attached hydrogen (secondary N) is 2. The topological polar surface area (TPSA) is 109 Å². The number of hydrogen-bond donors (Lipinski definition) is 2. The minimum Gasteiger partial charge on any atom is -0.364 e. The van der Waals surface area contributed by atoms with E-state index in [-0.39, 0.29) is 17.7 Å². The number of amides is 2. The number of nitrogens with zero attached hydrogens (tertiary/aromatic N) is 4. The highest BCUT2D eigenvalue weighted by atomic mass is 16.5. The maximum atomic E-state index is 13.2. The Hall–Kier alpha value is -3.36. The fourth-order valence-corrected chi connectivity index (χ4v) is 3.90. The van der Waals surface area contributed by atoms with Gasteiger partial charge in [0.25, 0.3) is 11.8 Å². The van der Waals surface area contributed by atoms with E-state index in [0.29, 0.717) is 36.7 Å². The van der Waals surface area contributed by atoms with Crippen molar-refractivity contribution in [2.45, 2.75) is 32.2 Å². The molecule has 152 valence electrons. The lowest BCUT2D eigenvalue weighted by atomic mass is 9.92. The molecule has 0 aliphatic carbocycles. The molecule has 4 heterocycles. The fraction of sp³-hybridized carbons (Fsp3) is 0.400. The largest absolute Gasteiger partial charge is 0.364 e. The van der Waals surface area contributed by atoms with Gasteiger partial charge in [-0.2, -0.15) is 5.10 Å². The van der Waals surface area contributed by atoms with Crippen LogP contribution in [0.5, 0.6) is 0 Å². The Kier molecular flexibility index (Phi) is 5.20. The maximum Gasteiger partial charge on any atom is 0.276 e. The Morgan fingerprint density at radius 3 is 3.03 bits per heavy atom. The molecule has 2 amide bonds. The Balaban J connectivity index is 1.54. The summed E-state index contributed by atoms with van der Waals surface area (Å²) in [6.45, 7) is 3.41. The van der Waals surface area contributed by atoms with Crippen molar-refractivity contribution < 1.29 is 14.1 Å². The van der Waals surface area contributed by atoms with Crippen LogP contribution >= 0.6 is 0 Å². The van der Waals surface area contributed by atoms with Gasteiger partial charge in [-0.25, -0.2) is 0 Å². The van der Waals surface area contributed by atoms with Gasteiger partial charge in [-0.1, -0.05) is 5.16 Å². The number of carbonyl (C=O) groups excluding carboxylic acids is 2. The van der Waals surface area contributed by atoms with E-state index in [1.807, 2.05) is 12.3 Å². The van der Waals surface area contributed by atoms with Crippen LogP contribution in [0.1, 0.15) is 56.6 Å². The highest BCUT2D eigenvalue weighted by Crippen LogP contribution is 2.29. The molecule has 1 saturated heterocycles. The van der Waals surface area contributed by atoms with Crippen LogP contribution < -0.4 is 5.32 Å². The molecule has 0 spiro atoms. The van der Waals surface area contributed by atoms with Crippen molar-refractivity contribution in [3.63, 3.8) is 0 Å². The molecule has 2 N–H and O–H groups in total. The van der Waals surface area contributed by atoms with E-state index >= 15 is 0 Å². The highest BCUT2D eigenvalue weighted by Gasteiger charge is 2.31. The van der Waals surface area contributed by atoms with Gasteiger partial charge in [-0.05, 0) is 31.9 Å². The van der Waals surface area contributed by atoms with Gasteiger partial charge in [0.15, 0.2) is 5.69 Å². The van der Waals surface area contributed by atoms with Gasteiger partial charge in [-0.15, -0.1) is 0 Å². The van der Waals surface area contributed by atoms with Crippen LogP contribution in [0.15, 0.2) is 35.2 Å². The Labute approximate surface area is 168 Å². The van der Waals surface area contributed by atoms with Crippen molar-refractivity contribution in [2.75, 3.05) is 20.1 Å². The molecule has 9 nitrogen and oxygen atoms in total. The number of H-pyrrole nitrogens is 1. The molecule has 3 aromatic heterocycles. The second kappa shape index (κ2) is 7.94. The standard InChI is InChI=1S/C20H24N6O3/c1-13-16(12-26-10-4-7-23-26)18(24-29-13)20(28)25-9-3-5-14(11-25)17-15(6-8-22-17)19(27)21-2/h4,6-8,10,14,22H,3,5,9,11-12H2,1-2H3,(H,21,27). The summed E-state index contributed by atoms with van der Waals surface area (Å²) in [5, 5.41) is 10.9. The first kappa shape index (κ1) is 19.0. The van der Waals surface area contributed by atoms with Crippen LogP contribution in [0.4, 0.5) is 0 Å². The lowest BCUT2D eigenvalue weighted by molar-refractivity contribution is 0.0694. The zero-order valence-corrected chi connectivity index (χ0v) is 16.5. The normalized spacial score (nSPS) is 16.8. The summed E-state index contributed by atoms with van der Waals surface area (Å²) in [4.78, 5) is 30.4. The van der Waals surface area contributed by atoms with E-state index in [1.54, 1.807) is 42.0 Å². The zero-order valence-electron chi connectivity index (χ0n) is 16.5. The highest BCUT2D eigenvalue weighted by molar-refractivity contribution is 5.96. The van der Waals surface area contributed by atoms with Crippen molar-refractivity contribution in [3.05, 3.63) is 59.0 Å². The van der Waals surface area contributed by atoms with Gasteiger partial charge in [0, 0.05) is 55.9 Å². The number of hydrogen-bond acceptors (Lipinski definition) is 5. The van der Waals surface area contributed by atoms with Crippen molar-refractivity contribution in [2.24, 2.45) is 0 Å². The third-order valence-corrected chi connectivity index (χ3v) is 5.43. The summed E-state index contributed by atoms with van der Waals surface area (Å²) in [6, 6.07) is 3.61. The van der Waals surface area contributed by atoms with E-state index in [0.717, 1.165) is 24.1 Å². The summed E-state index contributed by atoms with van der Waals surface area (Å²) in [5.74, 6) is 0.404. The predicted octanol–water partition coefficient (Wildman–Crippen LogP) is 1.94. The number of rotatable bonds is 5. The van der Waals surface area contributed by atoms with E-state index in [9.17, 15) is 9.59 Å². The maximum absolute atomic E-state index is 13.2. The second-order valence-corrected chi connectivity index (χ2v) is 7.24. The first-order valence-corrected chi connectivity index (χ1v) is 9.69. The average molecular weight is 396 g/mol. The zero-order chi connectivity index (χ0) is 20.4. The molecule has 4 rings (SSSR count). The number of aromatic amines is 1. The molecule has 1 unspecified atom stereocenters. The first-order valence-electron chi connectivity index (χ1n) is 9.69. The fourth-order valence-electron chi connectivity index (χ4n) is 3.90. The number of aromatic nitrogens is 4. The SMILES string of the molecule is CNC(=O)c1cc[nH]c1C1CCCN(C(=O)c2noc(C)c2Cn2cccn2)C1. The Morgan fingerprint density at radius 1 is 1.41 bits per heavy atom. The molecule has 0 bridgehead atoms. The molecule has 0 radical (unpaired) electrons. The monoisotopic (exact) mass is 396 g/mol. The van der Waals surface area contributed by atoms with Gasteiger partial charge in [0.2, 0.25) is 0 Å². The Bertz CT molecular complexity index is 1000. The molecular weight excluding hydrogens is 372 g/mol. The second-order valence-electron chi connectivity index (χ2n) is 7.24. The van der Waals surface area contributed by atoms with Crippen LogP contribution in [0, 0.1) is 6.92 Å². The quantitative estimate of drug-likeness (QED) is 0.685. The van der Waals surface area contributed by atoms with Crippen molar-refractivity contribution in [1.29, 1.82) is 0 Å². The Morgan fingerprint density at radius 2 is 2.28 bits per heavy atom. The number of aryl methyl sites for hydroxylation is 1. The molecule has 1 aliphatic heterocycles. The van der Waals surface area contributed by atoms with E-state index in [1.165, 1.54) is 0 Å². The van der Waals surface area contributed by atoms with E-state index in [4.69, 9.17) is 4.52 Å². The van der Waals surface area contributed by atoms with Crippen LogP contribution in [0.25, 0.3) is 0 Å². The van der Waals surface area contributed by atoms with E-state index in [2.05, 4.69) is 20.6 Å². The van der Waals surface area contributed by atoms with Gasteiger partial charge >= 0.3 is 0 Å². The third kappa shape index (κ3) is 3.67. The predicted molar refractivity (Wildman–Crippen MR) is 105 cm³/mol. The molecule has 0 aromatic carbocycles.